The fourth-order valence-electron chi connectivity index (χ4n) is 3.50. The summed E-state index contributed by atoms with van der Waals surface area (Å²) in [6, 6.07) is 9.42. The van der Waals surface area contributed by atoms with Crippen molar-refractivity contribution in [2.75, 3.05) is 18.0 Å². The fourth-order valence-corrected chi connectivity index (χ4v) is 5.08. The lowest BCUT2D eigenvalue weighted by atomic mass is 10.1. The molecular formula is C20H18N2O5S2. The summed E-state index contributed by atoms with van der Waals surface area (Å²) in [5.41, 5.74) is 0.438. The highest BCUT2D eigenvalue weighted by Gasteiger charge is 2.15. The van der Waals surface area contributed by atoms with E-state index in [9.17, 15) is 22.6 Å². The molecule has 0 atom stereocenters. The van der Waals surface area contributed by atoms with Gasteiger partial charge in [-0.15, -0.1) is 11.3 Å². The average molecular weight is 431 g/mol. The largest absolute Gasteiger partial charge is 0.372 e. The number of benzene rings is 2. The number of aromatic amines is 1. The molecule has 2 N–H and O–H groups in total. The number of hydrogen-bond acceptors (Lipinski definition) is 6. The Balaban J connectivity index is 2.16. The maximum atomic E-state index is 12.7. The Bertz CT molecular complexity index is 1550. The molecule has 1 heterocycles. The molecule has 0 saturated heterocycles. The fraction of sp³-hybridized carbons (Fsp3) is 0.200. The van der Waals surface area contributed by atoms with Gasteiger partial charge in [-0.25, -0.2) is 0 Å². The van der Waals surface area contributed by atoms with Crippen LogP contribution in [0.5, 0.6) is 0 Å². The third kappa shape index (κ3) is 3.21. The minimum absolute atomic E-state index is 0.109. The molecule has 0 aromatic heterocycles. The SMILES string of the molecule is CCN(CC)c1ccc2[nH]c3c4cc(S(=O)(=O)O)ccc4c(=O)c(=O)c=3sc2c1. The Hall–Kier alpha value is -2.75. The van der Waals surface area contributed by atoms with Gasteiger partial charge in [0.05, 0.1) is 20.5 Å². The van der Waals surface area contributed by atoms with Gasteiger partial charge in [0.2, 0.25) is 10.9 Å². The van der Waals surface area contributed by atoms with Crippen LogP contribution in [0.1, 0.15) is 13.8 Å². The first-order valence-corrected chi connectivity index (χ1v) is 11.3. The van der Waals surface area contributed by atoms with Crippen LogP contribution in [-0.2, 0) is 10.1 Å². The minimum atomic E-state index is -4.45. The first kappa shape index (κ1) is 19.6. The molecule has 0 saturated carbocycles. The van der Waals surface area contributed by atoms with E-state index in [0.29, 0.717) is 5.35 Å². The number of H-pyrrole nitrogens is 1. The molecule has 2 aromatic carbocycles. The van der Waals surface area contributed by atoms with Crippen LogP contribution in [0.2, 0.25) is 0 Å². The Labute approximate surface area is 169 Å². The lowest BCUT2D eigenvalue weighted by Gasteiger charge is -2.21. The second-order valence-corrected chi connectivity index (χ2v) is 9.10. The maximum Gasteiger partial charge on any atom is 0.294 e. The zero-order valence-corrected chi connectivity index (χ0v) is 17.4. The van der Waals surface area contributed by atoms with Gasteiger partial charge in [-0.3, -0.25) is 14.1 Å². The van der Waals surface area contributed by atoms with Crippen molar-refractivity contribution in [1.29, 1.82) is 0 Å². The zero-order chi connectivity index (χ0) is 20.9. The summed E-state index contributed by atoms with van der Waals surface area (Å²) in [4.78, 5) is 30.3. The number of aromatic nitrogens is 1. The Kier molecular flexibility index (Phi) is 4.68. The van der Waals surface area contributed by atoms with Gasteiger partial charge in [0.25, 0.3) is 10.1 Å². The van der Waals surface area contributed by atoms with E-state index in [1.165, 1.54) is 23.5 Å². The predicted octanol–water partition coefficient (Wildman–Crippen LogP) is 2.92. The van der Waals surface area contributed by atoms with Crippen molar-refractivity contribution in [3.05, 3.63) is 66.7 Å². The minimum Gasteiger partial charge on any atom is -0.372 e. The normalized spacial score (nSPS) is 12.1. The van der Waals surface area contributed by atoms with Crippen molar-refractivity contribution in [1.82, 2.24) is 4.98 Å². The van der Waals surface area contributed by atoms with Crippen molar-refractivity contribution < 1.29 is 13.0 Å². The molecule has 9 heteroatoms. The van der Waals surface area contributed by atoms with E-state index < -0.39 is 21.0 Å². The Morgan fingerprint density at radius 3 is 2.38 bits per heavy atom. The van der Waals surface area contributed by atoms with E-state index in [1.807, 2.05) is 18.2 Å². The van der Waals surface area contributed by atoms with Crippen molar-refractivity contribution in [3.63, 3.8) is 0 Å². The second kappa shape index (κ2) is 6.94. The summed E-state index contributed by atoms with van der Waals surface area (Å²) < 4.78 is 33.5. The van der Waals surface area contributed by atoms with Gasteiger partial charge >= 0.3 is 0 Å². The lowest BCUT2D eigenvalue weighted by molar-refractivity contribution is 0.483. The highest BCUT2D eigenvalue weighted by molar-refractivity contribution is 7.85. The van der Waals surface area contributed by atoms with Crippen LogP contribution in [0.25, 0.3) is 21.0 Å². The molecule has 150 valence electrons. The second-order valence-electron chi connectivity index (χ2n) is 6.62. The van der Waals surface area contributed by atoms with Gasteiger partial charge in [-0.2, -0.15) is 8.42 Å². The molecule has 2 aliphatic rings. The van der Waals surface area contributed by atoms with Gasteiger partial charge in [0.1, 0.15) is 4.53 Å². The summed E-state index contributed by atoms with van der Waals surface area (Å²) in [6.07, 6.45) is 0. The van der Waals surface area contributed by atoms with Crippen molar-refractivity contribution in [2.45, 2.75) is 18.7 Å². The highest BCUT2D eigenvalue weighted by atomic mass is 32.2. The molecule has 0 bridgehead atoms. The van der Waals surface area contributed by atoms with Crippen LogP contribution in [0.3, 0.4) is 0 Å². The van der Waals surface area contributed by atoms with Gasteiger partial charge in [0, 0.05) is 29.5 Å². The summed E-state index contributed by atoms with van der Waals surface area (Å²) in [5, 5.41) is 0.770. The number of fused-ring (bicyclic) bond motifs is 3. The monoisotopic (exact) mass is 430 g/mol. The van der Waals surface area contributed by atoms with Crippen LogP contribution in [0.15, 0.2) is 50.9 Å². The molecule has 2 aromatic rings. The highest BCUT2D eigenvalue weighted by Crippen LogP contribution is 2.26. The van der Waals surface area contributed by atoms with E-state index in [-0.39, 0.29) is 20.2 Å². The van der Waals surface area contributed by atoms with E-state index in [2.05, 4.69) is 23.7 Å². The van der Waals surface area contributed by atoms with Gasteiger partial charge in [-0.05, 0) is 50.2 Å². The van der Waals surface area contributed by atoms with Crippen molar-refractivity contribution in [2.24, 2.45) is 0 Å². The van der Waals surface area contributed by atoms with Crippen molar-refractivity contribution >= 4 is 48.1 Å². The summed E-state index contributed by atoms with van der Waals surface area (Å²) in [5.74, 6) is 0. The molecule has 0 radical (unpaired) electrons. The number of anilines is 1. The quantitative estimate of drug-likeness (QED) is 0.381. The maximum absolute atomic E-state index is 12.7. The van der Waals surface area contributed by atoms with Crippen LogP contribution in [-0.4, -0.2) is 31.0 Å². The molecule has 7 nitrogen and oxygen atoms in total. The van der Waals surface area contributed by atoms with E-state index in [0.717, 1.165) is 35.1 Å². The van der Waals surface area contributed by atoms with E-state index in [1.54, 1.807) is 0 Å². The first-order chi connectivity index (χ1) is 13.7. The van der Waals surface area contributed by atoms with E-state index >= 15 is 0 Å². The summed E-state index contributed by atoms with van der Waals surface area (Å²) >= 11 is 1.19. The molecule has 29 heavy (non-hydrogen) atoms. The molecule has 1 aliphatic heterocycles. The third-order valence-corrected chi connectivity index (χ3v) is 7.01. The molecule has 1 aliphatic carbocycles. The molecular weight excluding hydrogens is 412 g/mol. The Morgan fingerprint density at radius 1 is 1.00 bits per heavy atom. The molecule has 4 rings (SSSR count). The number of nitrogens with zero attached hydrogens (tertiary/aromatic N) is 1. The molecule has 0 spiro atoms. The average Bonchev–Trinajstić information content (AvgIpc) is 2.70. The third-order valence-electron chi connectivity index (χ3n) is 5.01. The van der Waals surface area contributed by atoms with Gasteiger partial charge in [-0.1, -0.05) is 0 Å². The standard InChI is InChI=1S/C20H18N2O5S2/c1-3-22(4-2)11-5-8-15-16(9-11)28-20-17(21-15)14-10-12(29(25,26)27)6-7-13(14)18(23)19(20)24/h5-10,21H,3-4H2,1-2H3,(H,25,26,27). The smallest absolute Gasteiger partial charge is 0.294 e. The topological polar surface area (TPSA) is 108 Å². The van der Waals surface area contributed by atoms with Crippen LogP contribution in [0.4, 0.5) is 5.69 Å². The lowest BCUT2D eigenvalue weighted by Crippen LogP contribution is -2.25. The van der Waals surface area contributed by atoms with Gasteiger partial charge in [0.15, 0.2) is 0 Å². The number of hydrogen-bond donors (Lipinski definition) is 2. The summed E-state index contributed by atoms with van der Waals surface area (Å²) in [7, 11) is -4.45. The summed E-state index contributed by atoms with van der Waals surface area (Å²) in [6.45, 7) is 5.79. The Morgan fingerprint density at radius 2 is 1.72 bits per heavy atom. The van der Waals surface area contributed by atoms with Crippen LogP contribution >= 0.6 is 11.3 Å². The van der Waals surface area contributed by atoms with Crippen LogP contribution < -0.4 is 15.8 Å². The van der Waals surface area contributed by atoms with E-state index in [4.69, 9.17) is 0 Å². The number of rotatable bonds is 4. The van der Waals surface area contributed by atoms with Crippen LogP contribution in [0, 0.1) is 9.88 Å². The predicted molar refractivity (Wildman–Crippen MR) is 115 cm³/mol. The molecule has 0 amide bonds. The molecule has 0 fully saturated rings. The van der Waals surface area contributed by atoms with Gasteiger partial charge < -0.3 is 9.88 Å². The molecule has 0 unspecified atom stereocenters. The first-order valence-electron chi connectivity index (χ1n) is 9.03. The number of nitrogens with one attached hydrogen (secondary N) is 1. The van der Waals surface area contributed by atoms with Crippen molar-refractivity contribution in [3.8, 4) is 0 Å². The zero-order valence-electron chi connectivity index (χ0n) is 15.7.